The van der Waals surface area contributed by atoms with Gasteiger partial charge in [-0.15, -0.1) is 12.4 Å². The SMILES string of the molecule is CC(N(C)C)n1c2c(c3ccccc31)CCOC2(C)C.Cl. The van der Waals surface area contributed by atoms with Crippen molar-refractivity contribution in [1.29, 1.82) is 0 Å². The van der Waals surface area contributed by atoms with E-state index < -0.39 is 0 Å². The lowest BCUT2D eigenvalue weighted by Crippen LogP contribution is -2.34. The van der Waals surface area contributed by atoms with Crippen LogP contribution in [0.15, 0.2) is 24.3 Å². The number of hydrogen-bond acceptors (Lipinski definition) is 2. The summed E-state index contributed by atoms with van der Waals surface area (Å²) in [5.41, 5.74) is 3.89. The second-order valence-corrected chi connectivity index (χ2v) is 6.42. The van der Waals surface area contributed by atoms with Gasteiger partial charge in [0.2, 0.25) is 0 Å². The zero-order valence-electron chi connectivity index (χ0n) is 13.5. The van der Waals surface area contributed by atoms with Gasteiger partial charge >= 0.3 is 0 Å². The van der Waals surface area contributed by atoms with Gasteiger partial charge in [0.15, 0.2) is 0 Å². The summed E-state index contributed by atoms with van der Waals surface area (Å²) in [4.78, 5) is 2.25. The maximum Gasteiger partial charge on any atom is 0.103 e. The molecule has 0 fully saturated rings. The highest BCUT2D eigenvalue weighted by Crippen LogP contribution is 2.40. The third kappa shape index (κ3) is 2.48. The Labute approximate surface area is 133 Å². The van der Waals surface area contributed by atoms with E-state index in [-0.39, 0.29) is 18.0 Å². The molecule has 1 aromatic heterocycles. The molecule has 0 radical (unpaired) electrons. The normalized spacial score (nSPS) is 18.4. The first kappa shape index (κ1) is 16.3. The molecule has 4 heteroatoms. The van der Waals surface area contributed by atoms with Gasteiger partial charge in [0.1, 0.15) is 5.60 Å². The zero-order chi connectivity index (χ0) is 14.5. The molecule has 3 rings (SSSR count). The molecule has 0 amide bonds. The van der Waals surface area contributed by atoms with E-state index in [2.05, 4.69) is 68.6 Å². The summed E-state index contributed by atoms with van der Waals surface area (Å²) in [7, 11) is 4.25. The molecule has 0 N–H and O–H groups in total. The molecule has 0 saturated heterocycles. The largest absolute Gasteiger partial charge is 0.369 e. The number of aromatic nitrogens is 1. The van der Waals surface area contributed by atoms with E-state index in [1.54, 1.807) is 0 Å². The van der Waals surface area contributed by atoms with Crippen molar-refractivity contribution in [2.45, 2.75) is 39.0 Å². The predicted octanol–water partition coefficient (Wildman–Crippen LogP) is 3.95. The van der Waals surface area contributed by atoms with Crippen molar-refractivity contribution in [3.63, 3.8) is 0 Å². The highest BCUT2D eigenvalue weighted by atomic mass is 35.5. The molecule has 0 saturated carbocycles. The highest BCUT2D eigenvalue weighted by molar-refractivity contribution is 5.86. The van der Waals surface area contributed by atoms with Crippen LogP contribution in [-0.2, 0) is 16.8 Å². The summed E-state index contributed by atoms with van der Waals surface area (Å²) in [6, 6.07) is 8.73. The summed E-state index contributed by atoms with van der Waals surface area (Å²) in [5.74, 6) is 0. The topological polar surface area (TPSA) is 17.4 Å². The van der Waals surface area contributed by atoms with E-state index in [1.165, 1.54) is 22.2 Å². The maximum atomic E-state index is 6.05. The molecule has 1 unspecified atom stereocenters. The molecule has 116 valence electrons. The lowest BCUT2D eigenvalue weighted by Gasteiger charge is -2.35. The number of para-hydroxylation sites is 1. The van der Waals surface area contributed by atoms with Gasteiger partial charge in [-0.3, -0.25) is 4.90 Å². The average molecular weight is 309 g/mol. The van der Waals surface area contributed by atoms with Crippen LogP contribution in [0.5, 0.6) is 0 Å². The summed E-state index contributed by atoms with van der Waals surface area (Å²) in [6.07, 6.45) is 1.32. The summed E-state index contributed by atoms with van der Waals surface area (Å²) in [5, 5.41) is 1.38. The van der Waals surface area contributed by atoms with Gasteiger partial charge in [-0.1, -0.05) is 18.2 Å². The maximum absolute atomic E-state index is 6.05. The number of halogens is 1. The summed E-state index contributed by atoms with van der Waals surface area (Å²) in [6.45, 7) is 7.42. The molecular weight excluding hydrogens is 284 g/mol. The Balaban J connectivity index is 0.00000161. The van der Waals surface area contributed by atoms with Gasteiger partial charge < -0.3 is 9.30 Å². The van der Waals surface area contributed by atoms with Crippen LogP contribution < -0.4 is 0 Å². The molecule has 0 aliphatic carbocycles. The van der Waals surface area contributed by atoms with Crippen LogP contribution >= 0.6 is 12.4 Å². The van der Waals surface area contributed by atoms with Gasteiger partial charge in [0.25, 0.3) is 0 Å². The van der Waals surface area contributed by atoms with Crippen molar-refractivity contribution < 1.29 is 4.74 Å². The molecule has 0 bridgehead atoms. The van der Waals surface area contributed by atoms with Gasteiger partial charge in [-0.2, -0.15) is 0 Å². The third-order valence-electron chi connectivity index (χ3n) is 4.52. The lowest BCUT2D eigenvalue weighted by atomic mass is 9.94. The van der Waals surface area contributed by atoms with Gasteiger partial charge in [0.05, 0.1) is 18.5 Å². The molecule has 1 aromatic carbocycles. The fraction of sp³-hybridized carbons (Fsp3) is 0.529. The standard InChI is InChI=1S/C17H24N2O.ClH/c1-12(18(4)5)19-15-9-7-6-8-13(15)14-10-11-20-17(2,3)16(14)19;/h6-9,12H,10-11H2,1-5H3;1H. The molecule has 1 aliphatic heterocycles. The molecule has 1 aliphatic rings. The molecule has 1 atom stereocenters. The molecular formula is C17H25ClN2O. The number of fused-ring (bicyclic) bond motifs is 3. The lowest BCUT2D eigenvalue weighted by molar-refractivity contribution is -0.0393. The Kier molecular flexibility index (Phi) is 4.39. The fourth-order valence-electron chi connectivity index (χ4n) is 3.33. The second kappa shape index (κ2) is 5.64. The third-order valence-corrected chi connectivity index (χ3v) is 4.52. The molecule has 2 aromatic rings. The van der Waals surface area contributed by atoms with E-state index in [1.807, 2.05) is 0 Å². The van der Waals surface area contributed by atoms with E-state index in [0.717, 1.165) is 13.0 Å². The Morgan fingerprint density at radius 2 is 1.90 bits per heavy atom. The first-order valence-corrected chi connectivity index (χ1v) is 7.36. The van der Waals surface area contributed by atoms with Crippen LogP contribution in [0.2, 0.25) is 0 Å². The number of nitrogens with zero attached hydrogens (tertiary/aromatic N) is 2. The minimum Gasteiger partial charge on any atom is -0.369 e. The first-order valence-electron chi connectivity index (χ1n) is 7.36. The van der Waals surface area contributed by atoms with E-state index in [9.17, 15) is 0 Å². The number of ether oxygens (including phenoxy) is 1. The van der Waals surface area contributed by atoms with Crippen LogP contribution in [0.25, 0.3) is 10.9 Å². The smallest absolute Gasteiger partial charge is 0.103 e. The number of benzene rings is 1. The Morgan fingerprint density at radius 1 is 1.24 bits per heavy atom. The van der Waals surface area contributed by atoms with E-state index in [4.69, 9.17) is 4.74 Å². The molecule has 21 heavy (non-hydrogen) atoms. The Bertz CT molecular complexity index is 646. The zero-order valence-corrected chi connectivity index (χ0v) is 14.3. The van der Waals surface area contributed by atoms with Crippen LogP contribution in [0.1, 0.15) is 38.2 Å². The fourth-order valence-corrected chi connectivity index (χ4v) is 3.33. The predicted molar refractivity (Wildman–Crippen MR) is 90.3 cm³/mol. The molecule has 0 spiro atoms. The van der Waals surface area contributed by atoms with Crippen molar-refractivity contribution in [3.8, 4) is 0 Å². The minimum absolute atomic E-state index is 0. The van der Waals surface area contributed by atoms with Crippen LogP contribution in [-0.4, -0.2) is 30.2 Å². The summed E-state index contributed by atoms with van der Waals surface area (Å²) < 4.78 is 8.50. The van der Waals surface area contributed by atoms with E-state index in [0.29, 0.717) is 6.17 Å². The second-order valence-electron chi connectivity index (χ2n) is 6.42. The van der Waals surface area contributed by atoms with Crippen LogP contribution in [0.3, 0.4) is 0 Å². The van der Waals surface area contributed by atoms with E-state index >= 15 is 0 Å². The van der Waals surface area contributed by atoms with Crippen LogP contribution in [0, 0.1) is 0 Å². The monoisotopic (exact) mass is 308 g/mol. The first-order chi connectivity index (χ1) is 9.43. The van der Waals surface area contributed by atoms with Gasteiger partial charge in [-0.25, -0.2) is 0 Å². The quantitative estimate of drug-likeness (QED) is 0.836. The molecule has 2 heterocycles. The number of hydrogen-bond donors (Lipinski definition) is 0. The number of rotatable bonds is 2. The Hall–Kier alpha value is -1.03. The van der Waals surface area contributed by atoms with Gasteiger partial charge in [0, 0.05) is 10.9 Å². The van der Waals surface area contributed by atoms with Crippen molar-refractivity contribution in [3.05, 3.63) is 35.5 Å². The minimum atomic E-state index is -0.225. The average Bonchev–Trinajstić information content (AvgIpc) is 2.74. The summed E-state index contributed by atoms with van der Waals surface area (Å²) >= 11 is 0. The highest BCUT2D eigenvalue weighted by Gasteiger charge is 2.35. The van der Waals surface area contributed by atoms with Crippen molar-refractivity contribution >= 4 is 23.3 Å². The van der Waals surface area contributed by atoms with Crippen molar-refractivity contribution in [2.75, 3.05) is 20.7 Å². The Morgan fingerprint density at radius 3 is 2.57 bits per heavy atom. The van der Waals surface area contributed by atoms with Gasteiger partial charge in [-0.05, 0) is 52.9 Å². The van der Waals surface area contributed by atoms with Crippen LogP contribution in [0.4, 0.5) is 0 Å². The van der Waals surface area contributed by atoms with Crippen molar-refractivity contribution in [1.82, 2.24) is 9.47 Å². The molecule has 3 nitrogen and oxygen atoms in total. The van der Waals surface area contributed by atoms with Crippen molar-refractivity contribution in [2.24, 2.45) is 0 Å².